The Kier molecular flexibility index (Phi) is 4.21. The molecule has 1 aromatic rings. The van der Waals surface area contributed by atoms with Crippen LogP contribution in [0.1, 0.15) is 62.7 Å². The number of halogens is 1. The highest BCUT2D eigenvalue weighted by molar-refractivity contribution is 5.58. The van der Waals surface area contributed by atoms with Crippen molar-refractivity contribution in [1.29, 1.82) is 0 Å². The number of fused-ring (bicyclic) bond motifs is 1. The minimum atomic E-state index is -0.626. The quantitative estimate of drug-likeness (QED) is 0.876. The van der Waals surface area contributed by atoms with E-state index in [1.54, 1.807) is 6.92 Å². The zero-order valence-electron chi connectivity index (χ0n) is 13.1. The third-order valence-electron chi connectivity index (χ3n) is 5.31. The molecule has 2 unspecified atom stereocenters. The van der Waals surface area contributed by atoms with E-state index in [4.69, 9.17) is 0 Å². The zero-order valence-corrected chi connectivity index (χ0v) is 13.1. The van der Waals surface area contributed by atoms with Gasteiger partial charge in [0.05, 0.1) is 6.10 Å². The molecule has 3 heteroatoms. The lowest BCUT2D eigenvalue weighted by atomic mass is 9.78. The summed E-state index contributed by atoms with van der Waals surface area (Å²) in [5.41, 5.74) is 2.47. The summed E-state index contributed by atoms with van der Waals surface area (Å²) in [6.45, 7) is 4.58. The van der Waals surface area contributed by atoms with Crippen LogP contribution in [0.4, 0.5) is 10.1 Å². The van der Waals surface area contributed by atoms with E-state index in [1.807, 2.05) is 13.0 Å². The highest BCUT2D eigenvalue weighted by atomic mass is 19.1. The van der Waals surface area contributed by atoms with Gasteiger partial charge in [-0.05, 0) is 63.1 Å². The van der Waals surface area contributed by atoms with Crippen molar-refractivity contribution in [2.75, 3.05) is 11.4 Å². The summed E-state index contributed by atoms with van der Waals surface area (Å²) in [6, 6.07) is 4.05. The van der Waals surface area contributed by atoms with E-state index in [2.05, 4.69) is 4.90 Å². The third kappa shape index (κ3) is 2.80. The maximum Gasteiger partial charge on any atom is 0.126 e. The van der Waals surface area contributed by atoms with E-state index in [-0.39, 0.29) is 5.82 Å². The molecule has 0 amide bonds. The van der Waals surface area contributed by atoms with Crippen molar-refractivity contribution >= 4 is 5.69 Å². The van der Waals surface area contributed by atoms with Crippen LogP contribution in [0.5, 0.6) is 0 Å². The molecule has 1 aliphatic carbocycles. The number of nitrogens with zero attached hydrogens (tertiary/aromatic N) is 1. The minimum Gasteiger partial charge on any atom is -0.389 e. The molecular weight excluding hydrogens is 265 g/mol. The van der Waals surface area contributed by atoms with E-state index in [1.165, 1.54) is 44.6 Å². The average molecular weight is 291 g/mol. The number of aryl methyl sites for hydroxylation is 1. The first-order chi connectivity index (χ1) is 10.1. The number of hydrogen-bond donors (Lipinski definition) is 1. The fraction of sp³-hybridized carbons (Fsp3) is 0.667. The van der Waals surface area contributed by atoms with Crippen molar-refractivity contribution in [3.05, 3.63) is 29.1 Å². The SMILES string of the molecule is Cc1cc(N2CCCC3CCCCC32)c([C@@H](C)O)cc1F. The summed E-state index contributed by atoms with van der Waals surface area (Å²) in [5.74, 6) is 0.562. The Morgan fingerprint density at radius 3 is 2.67 bits per heavy atom. The average Bonchev–Trinajstić information content (AvgIpc) is 2.49. The van der Waals surface area contributed by atoms with E-state index in [9.17, 15) is 9.50 Å². The van der Waals surface area contributed by atoms with Crippen LogP contribution >= 0.6 is 0 Å². The molecule has 0 radical (unpaired) electrons. The summed E-state index contributed by atoms with van der Waals surface area (Å²) in [7, 11) is 0. The van der Waals surface area contributed by atoms with Crippen molar-refractivity contribution in [1.82, 2.24) is 0 Å². The number of aliphatic hydroxyl groups is 1. The second kappa shape index (κ2) is 5.96. The van der Waals surface area contributed by atoms with Gasteiger partial charge in [-0.2, -0.15) is 0 Å². The van der Waals surface area contributed by atoms with Gasteiger partial charge in [0.15, 0.2) is 0 Å². The third-order valence-corrected chi connectivity index (χ3v) is 5.31. The molecule has 3 atom stereocenters. The van der Waals surface area contributed by atoms with Crippen LogP contribution in [0.3, 0.4) is 0 Å². The van der Waals surface area contributed by atoms with Crippen LogP contribution in [-0.4, -0.2) is 17.7 Å². The van der Waals surface area contributed by atoms with Crippen LogP contribution in [0.25, 0.3) is 0 Å². The van der Waals surface area contributed by atoms with Crippen molar-refractivity contribution in [3.8, 4) is 0 Å². The van der Waals surface area contributed by atoms with Crippen LogP contribution in [0.15, 0.2) is 12.1 Å². The maximum absolute atomic E-state index is 13.9. The fourth-order valence-corrected chi connectivity index (χ4v) is 4.19. The molecule has 1 aliphatic heterocycles. The van der Waals surface area contributed by atoms with Crippen molar-refractivity contribution < 1.29 is 9.50 Å². The van der Waals surface area contributed by atoms with Gasteiger partial charge in [0, 0.05) is 23.8 Å². The van der Waals surface area contributed by atoms with Gasteiger partial charge in [-0.3, -0.25) is 0 Å². The van der Waals surface area contributed by atoms with Crippen LogP contribution in [0, 0.1) is 18.7 Å². The lowest BCUT2D eigenvalue weighted by Gasteiger charge is -2.46. The van der Waals surface area contributed by atoms with Crippen molar-refractivity contribution in [3.63, 3.8) is 0 Å². The number of aliphatic hydroxyl groups excluding tert-OH is 1. The fourth-order valence-electron chi connectivity index (χ4n) is 4.19. The molecule has 0 aromatic heterocycles. The molecule has 1 saturated heterocycles. The van der Waals surface area contributed by atoms with Crippen LogP contribution in [-0.2, 0) is 0 Å². The Bertz CT molecular complexity index is 512. The first-order valence-corrected chi connectivity index (χ1v) is 8.32. The summed E-state index contributed by atoms with van der Waals surface area (Å²) in [5, 5.41) is 10.1. The summed E-state index contributed by atoms with van der Waals surface area (Å²) >= 11 is 0. The lowest BCUT2D eigenvalue weighted by Crippen LogP contribution is -2.47. The molecule has 1 heterocycles. The molecule has 1 aromatic carbocycles. The highest BCUT2D eigenvalue weighted by Crippen LogP contribution is 2.40. The van der Waals surface area contributed by atoms with Gasteiger partial charge in [-0.15, -0.1) is 0 Å². The first kappa shape index (κ1) is 14.8. The smallest absolute Gasteiger partial charge is 0.126 e. The van der Waals surface area contributed by atoms with Gasteiger partial charge >= 0.3 is 0 Å². The molecule has 3 rings (SSSR count). The highest BCUT2D eigenvalue weighted by Gasteiger charge is 2.34. The summed E-state index contributed by atoms with van der Waals surface area (Å²) < 4.78 is 13.9. The van der Waals surface area contributed by atoms with Gasteiger partial charge in [-0.1, -0.05) is 12.8 Å². The predicted octanol–water partition coefficient (Wildman–Crippen LogP) is 4.35. The normalized spacial score (nSPS) is 27.3. The van der Waals surface area contributed by atoms with Crippen molar-refractivity contribution in [2.45, 2.75) is 64.5 Å². The molecule has 21 heavy (non-hydrogen) atoms. The van der Waals surface area contributed by atoms with Crippen LogP contribution in [0.2, 0.25) is 0 Å². The van der Waals surface area contributed by atoms with Gasteiger partial charge in [0.1, 0.15) is 5.82 Å². The Morgan fingerprint density at radius 1 is 1.19 bits per heavy atom. The molecule has 1 saturated carbocycles. The molecular formula is C18H26FNO. The molecule has 116 valence electrons. The second-order valence-corrected chi connectivity index (χ2v) is 6.78. The molecule has 2 nitrogen and oxygen atoms in total. The molecule has 0 bridgehead atoms. The van der Waals surface area contributed by atoms with Gasteiger partial charge < -0.3 is 10.0 Å². The van der Waals surface area contributed by atoms with Gasteiger partial charge in [0.2, 0.25) is 0 Å². The number of rotatable bonds is 2. The maximum atomic E-state index is 13.9. The predicted molar refractivity (Wildman–Crippen MR) is 84.1 cm³/mol. The standard InChI is InChI=1S/C18H26FNO/c1-12-10-18(15(13(2)21)11-16(12)19)20-9-5-7-14-6-3-4-8-17(14)20/h10-11,13-14,17,21H,3-9H2,1-2H3/t13-,14?,17?/m1/s1. The molecule has 0 spiro atoms. The Labute approximate surface area is 127 Å². The Balaban J connectivity index is 1.99. The minimum absolute atomic E-state index is 0.216. The first-order valence-electron chi connectivity index (χ1n) is 8.32. The molecule has 2 aliphatic rings. The summed E-state index contributed by atoms with van der Waals surface area (Å²) in [4.78, 5) is 2.46. The number of anilines is 1. The molecule has 1 N–H and O–H groups in total. The number of hydrogen-bond acceptors (Lipinski definition) is 2. The van der Waals surface area contributed by atoms with E-state index in [0.717, 1.165) is 23.7 Å². The monoisotopic (exact) mass is 291 g/mol. The van der Waals surface area contributed by atoms with E-state index >= 15 is 0 Å². The Hall–Kier alpha value is -1.09. The topological polar surface area (TPSA) is 23.5 Å². The summed E-state index contributed by atoms with van der Waals surface area (Å²) in [6.07, 6.45) is 7.11. The Morgan fingerprint density at radius 2 is 1.90 bits per heavy atom. The lowest BCUT2D eigenvalue weighted by molar-refractivity contribution is 0.197. The van der Waals surface area contributed by atoms with Gasteiger partial charge in [-0.25, -0.2) is 4.39 Å². The van der Waals surface area contributed by atoms with Crippen molar-refractivity contribution in [2.24, 2.45) is 5.92 Å². The number of piperidine rings is 1. The van der Waals surface area contributed by atoms with E-state index in [0.29, 0.717) is 11.6 Å². The number of benzene rings is 1. The largest absolute Gasteiger partial charge is 0.389 e. The second-order valence-electron chi connectivity index (χ2n) is 6.78. The zero-order chi connectivity index (χ0) is 15.0. The van der Waals surface area contributed by atoms with E-state index < -0.39 is 6.10 Å². The molecule has 2 fully saturated rings. The van der Waals surface area contributed by atoms with Gasteiger partial charge in [0.25, 0.3) is 0 Å². The van der Waals surface area contributed by atoms with Crippen LogP contribution < -0.4 is 4.90 Å².